The Balaban J connectivity index is 1.58. The van der Waals surface area contributed by atoms with Crippen LogP contribution in [0.25, 0.3) is 0 Å². The average Bonchev–Trinajstić information content (AvgIpc) is 3.21. The number of thiophene rings is 1. The number of nitrogens with zero attached hydrogens (tertiary/aromatic N) is 1. The lowest BCUT2D eigenvalue weighted by molar-refractivity contribution is 0.0676. The molecule has 150 valence electrons. The number of nitrogens with one attached hydrogen (secondary N) is 2. The SMILES string of the molecule is CS(=O)(=O)NCC1CCCN(C(=O)c2ccc(NC(=O)c3cccs3)cc2)C1. The Kier molecular flexibility index (Phi) is 6.48. The van der Waals surface area contributed by atoms with Crippen molar-refractivity contribution in [1.29, 1.82) is 0 Å². The first-order valence-electron chi connectivity index (χ1n) is 9.00. The number of rotatable bonds is 6. The van der Waals surface area contributed by atoms with E-state index in [2.05, 4.69) is 10.0 Å². The van der Waals surface area contributed by atoms with Gasteiger partial charge >= 0.3 is 0 Å². The fourth-order valence-electron chi connectivity index (χ4n) is 3.16. The molecule has 3 rings (SSSR count). The van der Waals surface area contributed by atoms with Gasteiger partial charge in [0, 0.05) is 30.9 Å². The molecule has 2 heterocycles. The van der Waals surface area contributed by atoms with Gasteiger partial charge in [-0.05, 0) is 54.5 Å². The standard InChI is InChI=1S/C19H23N3O4S2/c1-28(25,26)20-12-14-4-2-10-22(13-14)19(24)15-6-8-16(9-7-15)21-18(23)17-5-3-11-27-17/h3,5-9,11,14,20H,2,4,10,12-13H2,1H3,(H,21,23). The van der Waals surface area contributed by atoms with Crippen molar-refractivity contribution >= 4 is 38.9 Å². The number of carbonyl (C=O) groups is 2. The zero-order valence-electron chi connectivity index (χ0n) is 15.6. The number of anilines is 1. The molecule has 1 aliphatic rings. The van der Waals surface area contributed by atoms with E-state index in [0.29, 0.717) is 35.8 Å². The second-order valence-electron chi connectivity index (χ2n) is 6.89. The summed E-state index contributed by atoms with van der Waals surface area (Å²) in [5, 5.41) is 4.65. The molecule has 2 aromatic rings. The van der Waals surface area contributed by atoms with Gasteiger partial charge in [-0.1, -0.05) is 6.07 Å². The summed E-state index contributed by atoms with van der Waals surface area (Å²) in [4.78, 5) is 27.2. The van der Waals surface area contributed by atoms with Crippen LogP contribution in [0.2, 0.25) is 0 Å². The number of sulfonamides is 1. The number of amides is 2. The van der Waals surface area contributed by atoms with E-state index in [1.54, 1.807) is 35.2 Å². The van der Waals surface area contributed by atoms with Crippen molar-refractivity contribution in [3.05, 3.63) is 52.2 Å². The van der Waals surface area contributed by atoms with Gasteiger partial charge in [-0.25, -0.2) is 13.1 Å². The lowest BCUT2D eigenvalue weighted by Crippen LogP contribution is -2.43. The maximum Gasteiger partial charge on any atom is 0.265 e. The van der Waals surface area contributed by atoms with Crippen molar-refractivity contribution in [2.24, 2.45) is 5.92 Å². The van der Waals surface area contributed by atoms with Gasteiger partial charge in [-0.15, -0.1) is 11.3 Å². The minimum atomic E-state index is -3.23. The highest BCUT2D eigenvalue weighted by atomic mass is 32.2. The maximum atomic E-state index is 12.8. The molecule has 9 heteroatoms. The third-order valence-corrected chi connectivity index (χ3v) is 6.13. The molecule has 1 aromatic carbocycles. The van der Waals surface area contributed by atoms with E-state index < -0.39 is 10.0 Å². The summed E-state index contributed by atoms with van der Waals surface area (Å²) in [6.45, 7) is 1.53. The first kappa shape index (κ1) is 20.5. The minimum Gasteiger partial charge on any atom is -0.338 e. The first-order chi connectivity index (χ1) is 13.3. The summed E-state index contributed by atoms with van der Waals surface area (Å²) < 4.78 is 25.1. The molecule has 0 radical (unpaired) electrons. The molecule has 1 aromatic heterocycles. The highest BCUT2D eigenvalue weighted by Gasteiger charge is 2.25. The summed E-state index contributed by atoms with van der Waals surface area (Å²) in [6.07, 6.45) is 2.87. The summed E-state index contributed by atoms with van der Waals surface area (Å²) >= 11 is 1.37. The topological polar surface area (TPSA) is 95.6 Å². The van der Waals surface area contributed by atoms with Gasteiger partial charge in [0.05, 0.1) is 11.1 Å². The van der Waals surface area contributed by atoms with Crippen LogP contribution in [0, 0.1) is 5.92 Å². The number of hydrogen-bond donors (Lipinski definition) is 2. The lowest BCUT2D eigenvalue weighted by atomic mass is 9.97. The summed E-state index contributed by atoms with van der Waals surface area (Å²) in [6, 6.07) is 10.4. The van der Waals surface area contributed by atoms with E-state index in [1.807, 2.05) is 11.4 Å². The molecule has 1 atom stereocenters. The van der Waals surface area contributed by atoms with Crippen molar-refractivity contribution < 1.29 is 18.0 Å². The number of likely N-dealkylation sites (tertiary alicyclic amines) is 1. The predicted octanol–water partition coefficient (Wildman–Crippen LogP) is 2.40. The molecule has 2 amide bonds. The van der Waals surface area contributed by atoms with Crippen molar-refractivity contribution in [1.82, 2.24) is 9.62 Å². The number of piperidine rings is 1. The molecule has 0 saturated carbocycles. The van der Waals surface area contributed by atoms with E-state index in [1.165, 1.54) is 11.3 Å². The Hall–Kier alpha value is -2.23. The van der Waals surface area contributed by atoms with Gasteiger partial charge in [-0.2, -0.15) is 0 Å². The average molecular weight is 422 g/mol. The van der Waals surface area contributed by atoms with Crippen LogP contribution in [0.1, 0.15) is 32.9 Å². The van der Waals surface area contributed by atoms with E-state index in [0.717, 1.165) is 19.1 Å². The lowest BCUT2D eigenvalue weighted by Gasteiger charge is -2.32. The highest BCUT2D eigenvalue weighted by Crippen LogP contribution is 2.20. The number of carbonyl (C=O) groups excluding carboxylic acids is 2. The van der Waals surface area contributed by atoms with Gasteiger partial charge in [0.15, 0.2) is 0 Å². The van der Waals surface area contributed by atoms with Gasteiger partial charge in [0.1, 0.15) is 0 Å². The van der Waals surface area contributed by atoms with Crippen LogP contribution in [0.15, 0.2) is 41.8 Å². The monoisotopic (exact) mass is 421 g/mol. The fraction of sp³-hybridized carbons (Fsp3) is 0.368. The molecular weight excluding hydrogens is 398 g/mol. The van der Waals surface area contributed by atoms with Crippen molar-refractivity contribution in [3.8, 4) is 0 Å². The van der Waals surface area contributed by atoms with Gasteiger partial charge in [0.2, 0.25) is 10.0 Å². The quantitative estimate of drug-likeness (QED) is 0.749. The largest absolute Gasteiger partial charge is 0.338 e. The van der Waals surface area contributed by atoms with Crippen LogP contribution in [0.3, 0.4) is 0 Å². The Morgan fingerprint density at radius 2 is 1.96 bits per heavy atom. The van der Waals surface area contributed by atoms with Crippen molar-refractivity contribution in [3.63, 3.8) is 0 Å². The van der Waals surface area contributed by atoms with E-state index in [9.17, 15) is 18.0 Å². The van der Waals surface area contributed by atoms with Crippen molar-refractivity contribution in [2.75, 3.05) is 31.2 Å². The smallest absolute Gasteiger partial charge is 0.265 e. The minimum absolute atomic E-state index is 0.0832. The second kappa shape index (κ2) is 8.85. The molecular formula is C19H23N3O4S2. The van der Waals surface area contributed by atoms with Crippen LogP contribution >= 0.6 is 11.3 Å². The number of benzene rings is 1. The summed E-state index contributed by atoms with van der Waals surface area (Å²) in [5.41, 5.74) is 1.18. The summed E-state index contributed by atoms with van der Waals surface area (Å²) in [5.74, 6) is -0.150. The fourth-order valence-corrected chi connectivity index (χ4v) is 4.32. The van der Waals surface area contributed by atoms with Crippen LogP contribution in [-0.4, -0.2) is 51.0 Å². The zero-order valence-corrected chi connectivity index (χ0v) is 17.2. The highest BCUT2D eigenvalue weighted by molar-refractivity contribution is 7.88. The third kappa shape index (κ3) is 5.63. The van der Waals surface area contributed by atoms with Crippen LogP contribution < -0.4 is 10.0 Å². The van der Waals surface area contributed by atoms with Gasteiger partial charge < -0.3 is 10.2 Å². The molecule has 1 unspecified atom stereocenters. The molecule has 7 nitrogen and oxygen atoms in total. The third-order valence-electron chi connectivity index (χ3n) is 4.58. The van der Waals surface area contributed by atoms with Crippen LogP contribution in [0.4, 0.5) is 5.69 Å². The molecule has 1 saturated heterocycles. The molecule has 1 aliphatic heterocycles. The predicted molar refractivity (Wildman–Crippen MR) is 110 cm³/mol. The van der Waals surface area contributed by atoms with E-state index in [-0.39, 0.29) is 17.7 Å². The molecule has 28 heavy (non-hydrogen) atoms. The van der Waals surface area contributed by atoms with Gasteiger partial charge in [0.25, 0.3) is 11.8 Å². The second-order valence-corrected chi connectivity index (χ2v) is 9.67. The molecule has 0 aliphatic carbocycles. The van der Waals surface area contributed by atoms with Crippen molar-refractivity contribution in [2.45, 2.75) is 12.8 Å². The molecule has 2 N–H and O–H groups in total. The Morgan fingerprint density at radius 1 is 1.21 bits per heavy atom. The Bertz CT molecular complexity index is 925. The van der Waals surface area contributed by atoms with Crippen LogP contribution in [-0.2, 0) is 10.0 Å². The van der Waals surface area contributed by atoms with E-state index >= 15 is 0 Å². The Morgan fingerprint density at radius 3 is 2.61 bits per heavy atom. The zero-order chi connectivity index (χ0) is 20.1. The normalized spacial score (nSPS) is 17.3. The van der Waals surface area contributed by atoms with E-state index in [4.69, 9.17) is 0 Å². The molecule has 1 fully saturated rings. The molecule has 0 spiro atoms. The molecule has 0 bridgehead atoms. The maximum absolute atomic E-state index is 12.8. The Labute approximate surface area is 168 Å². The first-order valence-corrected chi connectivity index (χ1v) is 11.8. The number of hydrogen-bond acceptors (Lipinski definition) is 5. The van der Waals surface area contributed by atoms with Crippen LogP contribution in [0.5, 0.6) is 0 Å². The van der Waals surface area contributed by atoms with Gasteiger partial charge in [-0.3, -0.25) is 9.59 Å². The summed E-state index contributed by atoms with van der Waals surface area (Å²) in [7, 11) is -3.23.